The molecule has 0 unspecified atom stereocenters. The third-order valence-electron chi connectivity index (χ3n) is 0.370. The van der Waals surface area contributed by atoms with E-state index in [9.17, 15) is 4.79 Å². The van der Waals surface area contributed by atoms with E-state index in [0.717, 1.165) is 0 Å². The van der Waals surface area contributed by atoms with Crippen LogP contribution in [-0.4, -0.2) is 38.1 Å². The minimum absolute atomic E-state index is 1.21. The van der Waals surface area contributed by atoms with Gasteiger partial charge in [-0.05, 0) is 0 Å². The summed E-state index contributed by atoms with van der Waals surface area (Å²) in [7, 11) is 0. The molecule has 0 fully saturated rings. The Morgan fingerprint density at radius 3 is 1.08 bits per heavy atom. The lowest BCUT2D eigenvalue weighted by atomic mass is 10.7. The van der Waals surface area contributed by atoms with Crippen LogP contribution in [0.2, 0.25) is 0 Å². The molecule has 0 saturated carbocycles. The average Bonchev–Trinajstić information content (AvgIpc) is 1.88. The molecule has 12 heavy (non-hydrogen) atoms. The standard InChI is InChI=1S/C2H2Cl2O2.C2H2O4/c2*3-1(4)2(5)6/h1H,(H,5,6);(H,3,4)(H,5,6). The van der Waals surface area contributed by atoms with Crippen LogP contribution in [0.4, 0.5) is 0 Å². The molecule has 8 heteroatoms. The molecule has 0 rings (SSSR count). The number of alkyl halides is 2. The predicted molar refractivity (Wildman–Crippen MR) is 38.4 cm³/mol. The van der Waals surface area contributed by atoms with Crippen molar-refractivity contribution >= 4 is 41.1 Å². The molecule has 0 aliphatic rings. The average molecular weight is 219 g/mol. The van der Waals surface area contributed by atoms with Crippen LogP contribution in [0.3, 0.4) is 0 Å². The summed E-state index contributed by atoms with van der Waals surface area (Å²) in [4.78, 5) is 26.3. The van der Waals surface area contributed by atoms with E-state index in [1.54, 1.807) is 0 Å². The third-order valence-corrected chi connectivity index (χ3v) is 0.743. The normalized spacial score (nSPS) is 8.25. The Bertz CT molecular complexity index is 176. The Labute approximate surface area is 76.3 Å². The lowest BCUT2D eigenvalue weighted by Crippen LogP contribution is -2.09. The second-order valence-corrected chi connectivity index (χ2v) is 2.35. The Balaban J connectivity index is 0. The van der Waals surface area contributed by atoms with Gasteiger partial charge >= 0.3 is 17.9 Å². The van der Waals surface area contributed by atoms with Crippen LogP contribution in [0, 0.1) is 0 Å². The van der Waals surface area contributed by atoms with Gasteiger partial charge in [-0.3, -0.25) is 0 Å². The molecule has 0 bridgehead atoms. The highest BCUT2D eigenvalue weighted by Gasteiger charge is 2.05. The predicted octanol–water partition coefficient (Wildman–Crippen LogP) is 0.0303. The van der Waals surface area contributed by atoms with Crippen LogP contribution >= 0.6 is 23.2 Å². The number of aliphatic carboxylic acids is 3. The molecule has 0 aromatic heterocycles. The van der Waals surface area contributed by atoms with Gasteiger partial charge in [0.1, 0.15) is 0 Å². The summed E-state index contributed by atoms with van der Waals surface area (Å²) in [6.45, 7) is 0. The Morgan fingerprint density at radius 2 is 1.08 bits per heavy atom. The molecule has 70 valence electrons. The maximum absolute atomic E-state index is 9.44. The van der Waals surface area contributed by atoms with Crippen molar-refractivity contribution in [2.75, 3.05) is 0 Å². The molecule has 0 atom stereocenters. The highest BCUT2D eigenvalue weighted by Crippen LogP contribution is 1.98. The smallest absolute Gasteiger partial charge is 0.414 e. The topological polar surface area (TPSA) is 112 Å². The number of carboxylic acid groups (broad SMARTS) is 3. The second-order valence-electron chi connectivity index (χ2n) is 1.25. The van der Waals surface area contributed by atoms with E-state index in [-0.39, 0.29) is 0 Å². The molecular weight excluding hydrogens is 215 g/mol. The number of carbonyl (C=O) groups is 3. The first kappa shape index (κ1) is 13.6. The molecular formula is C4H4Cl2O6. The molecule has 0 heterocycles. The highest BCUT2D eigenvalue weighted by atomic mass is 35.5. The van der Waals surface area contributed by atoms with Crippen molar-refractivity contribution in [2.24, 2.45) is 0 Å². The van der Waals surface area contributed by atoms with Gasteiger partial charge in [0.15, 0.2) is 0 Å². The van der Waals surface area contributed by atoms with Gasteiger partial charge in [0.2, 0.25) is 4.84 Å². The summed E-state index contributed by atoms with van der Waals surface area (Å²) >= 11 is 9.56. The number of rotatable bonds is 1. The van der Waals surface area contributed by atoms with Crippen molar-refractivity contribution in [3.63, 3.8) is 0 Å². The number of carboxylic acids is 3. The molecule has 3 N–H and O–H groups in total. The van der Waals surface area contributed by atoms with Crippen molar-refractivity contribution in [3.05, 3.63) is 0 Å². The van der Waals surface area contributed by atoms with Crippen LogP contribution in [0.25, 0.3) is 0 Å². The fourth-order valence-electron chi connectivity index (χ4n) is 0. The fourth-order valence-corrected chi connectivity index (χ4v) is 0. The van der Waals surface area contributed by atoms with E-state index in [1.165, 1.54) is 0 Å². The van der Waals surface area contributed by atoms with E-state index in [2.05, 4.69) is 0 Å². The van der Waals surface area contributed by atoms with Gasteiger partial charge in [-0.15, -0.1) is 0 Å². The van der Waals surface area contributed by atoms with Gasteiger partial charge in [-0.1, -0.05) is 23.2 Å². The highest BCUT2D eigenvalue weighted by molar-refractivity contribution is 6.52. The van der Waals surface area contributed by atoms with Crippen LogP contribution in [0.5, 0.6) is 0 Å². The molecule has 0 aliphatic heterocycles. The first-order valence-electron chi connectivity index (χ1n) is 2.26. The first-order valence-corrected chi connectivity index (χ1v) is 3.13. The largest absolute Gasteiger partial charge is 0.479 e. The van der Waals surface area contributed by atoms with Gasteiger partial charge in [0, 0.05) is 0 Å². The fraction of sp³-hybridized carbons (Fsp3) is 0.250. The zero-order chi connectivity index (χ0) is 10.3. The summed E-state index contributed by atoms with van der Waals surface area (Å²) in [6, 6.07) is 0. The van der Waals surface area contributed by atoms with E-state index in [0.29, 0.717) is 0 Å². The van der Waals surface area contributed by atoms with E-state index in [1.807, 2.05) is 0 Å². The molecule has 6 nitrogen and oxygen atoms in total. The lowest BCUT2D eigenvalue weighted by molar-refractivity contribution is -0.159. The summed E-state index contributed by atoms with van der Waals surface area (Å²) < 4.78 is 0. The SMILES string of the molecule is O=C(O)C(=O)O.O=C(O)C(Cl)Cl. The molecule has 0 aromatic carbocycles. The number of hydrogen-bond acceptors (Lipinski definition) is 3. The van der Waals surface area contributed by atoms with E-state index < -0.39 is 22.7 Å². The zero-order valence-electron chi connectivity index (χ0n) is 5.40. The molecule has 0 spiro atoms. The maximum Gasteiger partial charge on any atom is 0.414 e. The van der Waals surface area contributed by atoms with Crippen LogP contribution < -0.4 is 0 Å². The quantitative estimate of drug-likeness (QED) is 0.423. The van der Waals surface area contributed by atoms with Gasteiger partial charge in [0.25, 0.3) is 0 Å². The molecule has 0 amide bonds. The van der Waals surface area contributed by atoms with Crippen molar-refractivity contribution < 1.29 is 29.7 Å². The number of hydrogen-bond donors (Lipinski definition) is 3. The van der Waals surface area contributed by atoms with Crippen LogP contribution in [0.1, 0.15) is 0 Å². The molecule has 0 aromatic rings. The van der Waals surface area contributed by atoms with Gasteiger partial charge in [-0.2, -0.15) is 0 Å². The molecule has 0 aliphatic carbocycles. The summed E-state index contributed by atoms with van der Waals surface area (Å²) in [6.07, 6.45) is 0. The summed E-state index contributed by atoms with van der Waals surface area (Å²) in [5.74, 6) is -4.86. The van der Waals surface area contributed by atoms with Crippen molar-refractivity contribution in [1.82, 2.24) is 0 Å². The van der Waals surface area contributed by atoms with Crippen molar-refractivity contribution in [2.45, 2.75) is 4.84 Å². The molecule has 0 saturated heterocycles. The molecule has 0 radical (unpaired) electrons. The summed E-state index contributed by atoms with van der Waals surface area (Å²) in [5.41, 5.74) is 0. The first-order chi connectivity index (χ1) is 5.29. The summed E-state index contributed by atoms with van der Waals surface area (Å²) in [5, 5.41) is 22.5. The van der Waals surface area contributed by atoms with E-state index >= 15 is 0 Å². The monoisotopic (exact) mass is 218 g/mol. The Morgan fingerprint density at radius 1 is 0.917 bits per heavy atom. The lowest BCUT2D eigenvalue weighted by Gasteiger charge is -1.84. The van der Waals surface area contributed by atoms with Crippen molar-refractivity contribution in [3.8, 4) is 0 Å². The Hall–Kier alpha value is -1.01. The van der Waals surface area contributed by atoms with Crippen LogP contribution in [-0.2, 0) is 14.4 Å². The maximum atomic E-state index is 9.44. The second kappa shape index (κ2) is 6.68. The minimum Gasteiger partial charge on any atom is -0.479 e. The van der Waals surface area contributed by atoms with E-state index in [4.69, 9.17) is 48.1 Å². The number of halogens is 2. The van der Waals surface area contributed by atoms with Gasteiger partial charge < -0.3 is 15.3 Å². The minimum atomic E-state index is -1.82. The van der Waals surface area contributed by atoms with Crippen molar-refractivity contribution in [1.29, 1.82) is 0 Å². The third kappa shape index (κ3) is 11.7. The van der Waals surface area contributed by atoms with Gasteiger partial charge in [0.05, 0.1) is 0 Å². The van der Waals surface area contributed by atoms with Crippen LogP contribution in [0.15, 0.2) is 0 Å². The zero-order valence-corrected chi connectivity index (χ0v) is 6.91. The van der Waals surface area contributed by atoms with Gasteiger partial charge in [-0.25, -0.2) is 14.4 Å². The Kier molecular flexibility index (Phi) is 7.56.